The monoisotopic (exact) mass is 564 g/mol. The normalized spacial score (nSPS) is 30.7. The van der Waals surface area contributed by atoms with Crippen molar-refractivity contribution in [2.45, 2.75) is 49.2 Å². The Bertz CT molecular complexity index is 1420. The first-order chi connectivity index (χ1) is 19.1. The summed E-state index contributed by atoms with van der Waals surface area (Å²) in [6.07, 6.45) is -11.3. The van der Waals surface area contributed by atoms with Crippen LogP contribution in [-0.4, -0.2) is 105 Å². The first-order valence-electron chi connectivity index (χ1n) is 12.2. The quantitative estimate of drug-likeness (QED) is 0.187. The molecule has 216 valence electrons. The molecule has 2 saturated heterocycles. The van der Waals surface area contributed by atoms with Gasteiger partial charge >= 0.3 is 0 Å². The summed E-state index contributed by atoms with van der Waals surface area (Å²) >= 11 is 0. The van der Waals surface area contributed by atoms with Crippen LogP contribution in [0.2, 0.25) is 0 Å². The van der Waals surface area contributed by atoms with Crippen LogP contribution < -0.4 is 19.6 Å². The molecule has 40 heavy (non-hydrogen) atoms. The Kier molecular flexibility index (Phi) is 7.85. The van der Waals surface area contributed by atoms with E-state index in [1.54, 1.807) is 0 Å². The Morgan fingerprint density at radius 2 is 1.40 bits per heavy atom. The van der Waals surface area contributed by atoms with Crippen molar-refractivity contribution >= 4 is 11.0 Å². The minimum atomic E-state index is -1.58. The first kappa shape index (κ1) is 28.1. The number of benzene rings is 2. The van der Waals surface area contributed by atoms with Crippen molar-refractivity contribution in [1.29, 1.82) is 0 Å². The molecule has 0 aliphatic carbocycles. The number of aliphatic hydroxyl groups is 6. The van der Waals surface area contributed by atoms with Gasteiger partial charge in [0.1, 0.15) is 64.9 Å². The van der Waals surface area contributed by atoms with Crippen LogP contribution in [0.25, 0.3) is 22.3 Å². The Morgan fingerprint density at radius 1 is 0.775 bits per heavy atom. The van der Waals surface area contributed by atoms with Gasteiger partial charge in [0.2, 0.25) is 12.6 Å². The van der Waals surface area contributed by atoms with E-state index in [9.17, 15) is 40.5 Å². The Hall–Kier alpha value is -3.47. The summed E-state index contributed by atoms with van der Waals surface area (Å²) in [6, 6.07) is 8.06. The molecular weight excluding hydrogens is 536 g/mol. The maximum absolute atomic E-state index is 12.9. The Labute approximate surface area is 225 Å². The summed E-state index contributed by atoms with van der Waals surface area (Å²) in [6.45, 7) is -0.546. The van der Waals surface area contributed by atoms with Crippen molar-refractivity contribution in [3.05, 3.63) is 46.6 Å². The van der Waals surface area contributed by atoms with Crippen molar-refractivity contribution in [1.82, 2.24) is 0 Å². The predicted molar refractivity (Wildman–Crippen MR) is 133 cm³/mol. The zero-order valence-corrected chi connectivity index (χ0v) is 21.0. The smallest absolute Gasteiger partial charge is 0.229 e. The number of phenolic OH excluding ortho intramolecular Hbond substituents is 1. The molecule has 3 aromatic rings. The van der Waals surface area contributed by atoms with Crippen molar-refractivity contribution in [3.63, 3.8) is 0 Å². The van der Waals surface area contributed by atoms with E-state index in [1.807, 2.05) is 0 Å². The number of rotatable bonds is 6. The molecule has 0 radical (unpaired) electrons. The number of aromatic hydroxyl groups is 1. The molecule has 8 atom stereocenters. The summed E-state index contributed by atoms with van der Waals surface area (Å²) in [5.41, 5.74) is -0.259. The van der Waals surface area contributed by atoms with Crippen LogP contribution in [0.5, 0.6) is 23.0 Å². The summed E-state index contributed by atoms with van der Waals surface area (Å²) in [7, 11) is 1.36. The Balaban J connectivity index is 1.43. The maximum atomic E-state index is 12.9. The van der Waals surface area contributed by atoms with Gasteiger partial charge in [-0.25, -0.2) is 0 Å². The topological polar surface area (TPSA) is 218 Å². The van der Waals surface area contributed by atoms with Crippen molar-refractivity contribution < 1.29 is 63.8 Å². The second-order valence-electron chi connectivity index (χ2n) is 9.39. The number of hydrogen-bond acceptors (Lipinski definition) is 14. The fourth-order valence-electron chi connectivity index (χ4n) is 4.40. The predicted octanol–water partition coefficient (Wildman–Crippen LogP) is -1.19. The lowest BCUT2D eigenvalue weighted by Crippen LogP contribution is -2.54. The van der Waals surface area contributed by atoms with Gasteiger partial charge in [0.15, 0.2) is 16.9 Å². The van der Waals surface area contributed by atoms with Gasteiger partial charge in [-0.2, -0.15) is 0 Å². The van der Waals surface area contributed by atoms with E-state index < -0.39 is 60.4 Å². The SMILES string of the molecule is COc1cc(-c2cc(=O)c3c(O)cc(OC4OCC(O)C(O)C4O)cc3o2)ccc1OC1OCC(O)C(O)C1O. The van der Waals surface area contributed by atoms with Crippen molar-refractivity contribution in [2.24, 2.45) is 0 Å². The molecule has 2 aliphatic heterocycles. The molecule has 3 heterocycles. The third-order valence-electron chi connectivity index (χ3n) is 6.64. The van der Waals surface area contributed by atoms with Crippen LogP contribution in [0.15, 0.2) is 45.6 Å². The van der Waals surface area contributed by atoms with E-state index in [0.29, 0.717) is 5.56 Å². The van der Waals surface area contributed by atoms with Crippen LogP contribution >= 0.6 is 0 Å². The summed E-state index contributed by atoms with van der Waals surface area (Å²) < 4.78 is 32.9. The number of fused-ring (bicyclic) bond motifs is 1. The van der Waals surface area contributed by atoms with E-state index in [-0.39, 0.29) is 47.2 Å². The average Bonchev–Trinajstić information content (AvgIpc) is 2.93. The van der Waals surface area contributed by atoms with Crippen molar-refractivity contribution in [2.75, 3.05) is 20.3 Å². The molecule has 0 bridgehead atoms. The highest BCUT2D eigenvalue weighted by molar-refractivity contribution is 5.86. The second kappa shape index (κ2) is 11.2. The molecule has 1 aromatic heterocycles. The highest BCUT2D eigenvalue weighted by Gasteiger charge is 2.40. The molecule has 0 amide bonds. The zero-order valence-electron chi connectivity index (χ0n) is 21.0. The second-order valence-corrected chi connectivity index (χ2v) is 9.39. The van der Waals surface area contributed by atoms with Gasteiger partial charge in [0, 0.05) is 23.8 Å². The number of ether oxygens (including phenoxy) is 5. The molecule has 5 rings (SSSR count). The van der Waals surface area contributed by atoms with Gasteiger partial charge in [-0.3, -0.25) is 4.79 Å². The third-order valence-corrected chi connectivity index (χ3v) is 6.64. The van der Waals surface area contributed by atoms with Gasteiger partial charge in [-0.15, -0.1) is 0 Å². The number of aliphatic hydroxyl groups excluding tert-OH is 6. The number of hydrogen-bond donors (Lipinski definition) is 7. The van der Waals surface area contributed by atoms with Gasteiger partial charge in [0.25, 0.3) is 0 Å². The lowest BCUT2D eigenvalue weighted by atomic mass is 10.1. The highest BCUT2D eigenvalue weighted by atomic mass is 16.7. The van der Waals surface area contributed by atoms with E-state index >= 15 is 0 Å². The molecule has 2 aliphatic rings. The van der Waals surface area contributed by atoms with E-state index in [0.717, 1.165) is 12.1 Å². The lowest BCUT2D eigenvalue weighted by molar-refractivity contribution is -0.242. The fraction of sp³-hybridized carbons (Fsp3) is 0.423. The van der Waals surface area contributed by atoms with Crippen LogP contribution in [0.1, 0.15) is 0 Å². The van der Waals surface area contributed by atoms with Gasteiger partial charge in [-0.05, 0) is 18.2 Å². The zero-order chi connectivity index (χ0) is 28.7. The number of methoxy groups -OCH3 is 1. The summed E-state index contributed by atoms with van der Waals surface area (Å²) in [5.74, 6) is -0.121. The molecule has 2 fully saturated rings. The van der Waals surface area contributed by atoms with Crippen LogP contribution in [0, 0.1) is 0 Å². The highest BCUT2D eigenvalue weighted by Crippen LogP contribution is 2.36. The van der Waals surface area contributed by atoms with Crippen LogP contribution in [0.3, 0.4) is 0 Å². The van der Waals surface area contributed by atoms with E-state index in [2.05, 4.69) is 0 Å². The fourth-order valence-corrected chi connectivity index (χ4v) is 4.40. The molecule has 14 nitrogen and oxygen atoms in total. The average molecular weight is 564 g/mol. The third kappa shape index (κ3) is 5.31. The molecule has 7 N–H and O–H groups in total. The molecule has 2 aromatic carbocycles. The molecule has 0 saturated carbocycles. The molecule has 8 unspecified atom stereocenters. The Morgan fingerprint density at radius 3 is 2.02 bits per heavy atom. The summed E-state index contributed by atoms with van der Waals surface area (Å²) in [5, 5.41) is 69.7. The van der Waals surface area contributed by atoms with Crippen LogP contribution in [0.4, 0.5) is 0 Å². The molecule has 0 spiro atoms. The van der Waals surface area contributed by atoms with Gasteiger partial charge in [0.05, 0.1) is 20.3 Å². The standard InChI is InChI=1S/C26H28O14/c1-35-18-4-10(2-3-16(18)40-26-24(34)22(32)15(30)9-37-26)17-7-13(28)20-12(27)5-11(6-19(20)39-17)38-25-23(33)21(31)14(29)8-36-25/h2-7,14-15,21-27,29-34H,8-9H2,1H3. The van der Waals surface area contributed by atoms with E-state index in [4.69, 9.17) is 28.1 Å². The minimum absolute atomic E-state index is 0.0439. The summed E-state index contributed by atoms with van der Waals surface area (Å²) in [4.78, 5) is 12.9. The van der Waals surface area contributed by atoms with Crippen molar-refractivity contribution in [3.8, 4) is 34.3 Å². The van der Waals surface area contributed by atoms with Gasteiger partial charge < -0.3 is 63.8 Å². The minimum Gasteiger partial charge on any atom is -0.507 e. The lowest BCUT2D eigenvalue weighted by Gasteiger charge is -2.35. The first-order valence-corrected chi connectivity index (χ1v) is 12.2. The largest absolute Gasteiger partial charge is 0.507 e. The molecular formula is C26H28O14. The van der Waals surface area contributed by atoms with Gasteiger partial charge in [-0.1, -0.05) is 0 Å². The van der Waals surface area contributed by atoms with Crippen LogP contribution in [-0.2, 0) is 9.47 Å². The molecule has 14 heteroatoms. The van der Waals surface area contributed by atoms with E-state index in [1.165, 1.54) is 31.4 Å². The maximum Gasteiger partial charge on any atom is 0.229 e. The number of phenols is 1.